The number of nitrogens with one attached hydrogen (secondary N) is 1. The molecule has 2 amide bonds. The summed E-state index contributed by atoms with van der Waals surface area (Å²) in [5.74, 6) is 0. The molecule has 144 valence electrons. The van der Waals surface area contributed by atoms with Crippen LogP contribution in [0.15, 0.2) is 48.5 Å². The van der Waals surface area contributed by atoms with Gasteiger partial charge in [-0.25, -0.2) is 4.79 Å². The molecule has 1 saturated heterocycles. The number of amides is 2. The summed E-state index contributed by atoms with van der Waals surface area (Å²) in [4.78, 5) is 19.1. The minimum atomic E-state index is -0.0496. The number of likely N-dealkylation sites (N-methyl/N-ethyl adjacent to an activating group) is 1. The van der Waals surface area contributed by atoms with Crippen molar-refractivity contribution in [1.29, 1.82) is 0 Å². The topological polar surface area (TPSA) is 38.8 Å². The van der Waals surface area contributed by atoms with Crippen molar-refractivity contribution in [1.82, 2.24) is 15.1 Å². The zero-order chi connectivity index (χ0) is 19.2. The molecule has 0 bridgehead atoms. The van der Waals surface area contributed by atoms with E-state index in [1.165, 1.54) is 22.4 Å². The molecular weight excluding hydrogens is 336 g/mol. The molecule has 2 aromatic carbocycles. The van der Waals surface area contributed by atoms with Crippen LogP contribution in [0, 0.1) is 6.92 Å². The van der Waals surface area contributed by atoms with E-state index in [1.54, 1.807) is 4.90 Å². The Morgan fingerprint density at radius 3 is 2.33 bits per heavy atom. The maximum Gasteiger partial charge on any atom is 0.317 e. The molecule has 3 rings (SSSR count). The van der Waals surface area contributed by atoms with Crippen LogP contribution in [0.3, 0.4) is 0 Å². The number of aryl methyl sites for hydroxylation is 1. The highest BCUT2D eigenvalue weighted by Crippen LogP contribution is 2.21. The lowest BCUT2D eigenvalue weighted by Crippen LogP contribution is -2.45. The summed E-state index contributed by atoms with van der Waals surface area (Å²) < 4.78 is 0. The van der Waals surface area contributed by atoms with E-state index in [4.69, 9.17) is 0 Å². The molecule has 0 spiro atoms. The van der Waals surface area contributed by atoms with Crippen molar-refractivity contribution in [3.63, 3.8) is 0 Å². The molecule has 0 aliphatic carbocycles. The van der Waals surface area contributed by atoms with Crippen LogP contribution in [0.4, 0.5) is 10.5 Å². The largest absolute Gasteiger partial charge is 0.369 e. The van der Waals surface area contributed by atoms with Crippen molar-refractivity contribution in [3.8, 4) is 0 Å². The Balaban J connectivity index is 1.59. The fourth-order valence-corrected chi connectivity index (χ4v) is 3.44. The first-order valence-electron chi connectivity index (χ1n) is 9.59. The van der Waals surface area contributed by atoms with Gasteiger partial charge in [0, 0.05) is 52.0 Å². The molecule has 1 heterocycles. The van der Waals surface area contributed by atoms with Gasteiger partial charge in [-0.2, -0.15) is 0 Å². The van der Waals surface area contributed by atoms with E-state index in [2.05, 4.69) is 59.4 Å². The van der Waals surface area contributed by atoms with Gasteiger partial charge in [0.15, 0.2) is 0 Å². The Morgan fingerprint density at radius 2 is 1.63 bits per heavy atom. The molecule has 0 unspecified atom stereocenters. The summed E-state index contributed by atoms with van der Waals surface area (Å²) in [6, 6.07) is 16.5. The van der Waals surface area contributed by atoms with Crippen LogP contribution >= 0.6 is 0 Å². The lowest BCUT2D eigenvalue weighted by atomic mass is 10.1. The van der Waals surface area contributed by atoms with Crippen molar-refractivity contribution in [2.45, 2.75) is 20.0 Å². The number of carbonyl (C=O) groups excluding carboxylic acids is 1. The fourth-order valence-electron chi connectivity index (χ4n) is 3.44. The average molecular weight is 367 g/mol. The van der Waals surface area contributed by atoms with Crippen LogP contribution in [-0.4, -0.2) is 56.1 Å². The van der Waals surface area contributed by atoms with E-state index >= 15 is 0 Å². The molecule has 0 saturated carbocycles. The van der Waals surface area contributed by atoms with Crippen molar-refractivity contribution in [2.24, 2.45) is 0 Å². The highest BCUT2D eigenvalue weighted by molar-refractivity contribution is 5.74. The average Bonchev–Trinajstić information content (AvgIpc) is 2.68. The quantitative estimate of drug-likeness (QED) is 0.884. The Kier molecular flexibility index (Phi) is 6.35. The van der Waals surface area contributed by atoms with Crippen molar-refractivity contribution in [2.75, 3.05) is 45.2 Å². The summed E-state index contributed by atoms with van der Waals surface area (Å²) in [7, 11) is 4.00. The van der Waals surface area contributed by atoms with E-state index in [0.717, 1.165) is 26.2 Å². The first kappa shape index (κ1) is 19.2. The third-order valence-electron chi connectivity index (χ3n) is 5.28. The maximum absolute atomic E-state index is 12.6. The van der Waals surface area contributed by atoms with Gasteiger partial charge in [-0.05, 0) is 36.7 Å². The summed E-state index contributed by atoms with van der Waals surface area (Å²) >= 11 is 0. The van der Waals surface area contributed by atoms with Gasteiger partial charge in [0.2, 0.25) is 0 Å². The van der Waals surface area contributed by atoms with Gasteiger partial charge in [0.05, 0.1) is 0 Å². The highest BCUT2D eigenvalue weighted by atomic mass is 16.2. The molecule has 5 heteroatoms. The normalized spacial score (nSPS) is 14.9. The Hall–Kier alpha value is -2.53. The van der Waals surface area contributed by atoms with Gasteiger partial charge in [-0.3, -0.25) is 0 Å². The Labute approximate surface area is 162 Å². The molecule has 1 aliphatic rings. The summed E-state index contributed by atoms with van der Waals surface area (Å²) in [5.41, 5.74) is 4.78. The monoisotopic (exact) mass is 366 g/mol. The molecule has 0 atom stereocenters. The van der Waals surface area contributed by atoms with E-state index < -0.39 is 0 Å². The van der Waals surface area contributed by atoms with Crippen molar-refractivity contribution >= 4 is 11.7 Å². The standard InChI is InChI=1S/C22H30N4O/c1-18-8-4-5-10-20(18)17-25(3)22(27)23-16-19-9-6-7-11-21(19)26-14-12-24(2)13-15-26/h4-11H,12-17H2,1-3H3,(H,23,27). The number of anilines is 1. The minimum Gasteiger partial charge on any atom is -0.369 e. The van der Waals surface area contributed by atoms with Gasteiger partial charge < -0.3 is 20.0 Å². The second kappa shape index (κ2) is 8.91. The number of para-hydroxylation sites is 1. The maximum atomic E-state index is 12.6. The minimum absolute atomic E-state index is 0.0496. The lowest BCUT2D eigenvalue weighted by Gasteiger charge is -2.35. The summed E-state index contributed by atoms with van der Waals surface area (Å²) in [6.07, 6.45) is 0. The van der Waals surface area contributed by atoms with Gasteiger partial charge in [0.25, 0.3) is 0 Å². The number of hydrogen-bond acceptors (Lipinski definition) is 3. The van der Waals surface area contributed by atoms with Crippen molar-refractivity contribution in [3.05, 3.63) is 65.2 Å². The number of carbonyl (C=O) groups is 1. The molecule has 27 heavy (non-hydrogen) atoms. The van der Waals surface area contributed by atoms with E-state index in [1.807, 2.05) is 25.2 Å². The smallest absolute Gasteiger partial charge is 0.317 e. The van der Waals surface area contributed by atoms with E-state index in [9.17, 15) is 4.79 Å². The van der Waals surface area contributed by atoms with E-state index in [-0.39, 0.29) is 6.03 Å². The number of benzene rings is 2. The molecule has 5 nitrogen and oxygen atoms in total. The third kappa shape index (κ3) is 5.01. The first-order chi connectivity index (χ1) is 13.0. The van der Waals surface area contributed by atoms with Crippen LogP contribution < -0.4 is 10.2 Å². The lowest BCUT2D eigenvalue weighted by molar-refractivity contribution is 0.206. The van der Waals surface area contributed by atoms with Crippen LogP contribution in [0.1, 0.15) is 16.7 Å². The number of urea groups is 1. The van der Waals surface area contributed by atoms with Crippen LogP contribution in [0.5, 0.6) is 0 Å². The summed E-state index contributed by atoms with van der Waals surface area (Å²) in [5, 5.41) is 3.08. The Morgan fingerprint density at radius 1 is 1.00 bits per heavy atom. The molecule has 2 aromatic rings. The molecule has 0 radical (unpaired) electrons. The molecule has 0 aromatic heterocycles. The van der Waals surface area contributed by atoms with E-state index in [0.29, 0.717) is 13.1 Å². The van der Waals surface area contributed by atoms with Gasteiger partial charge >= 0.3 is 6.03 Å². The molecular formula is C22H30N4O. The number of piperazine rings is 1. The zero-order valence-electron chi connectivity index (χ0n) is 16.6. The SMILES string of the molecule is Cc1ccccc1CN(C)C(=O)NCc1ccccc1N1CCN(C)CC1. The molecule has 1 N–H and O–H groups in total. The number of nitrogens with zero attached hydrogens (tertiary/aromatic N) is 3. The molecule has 1 fully saturated rings. The second-order valence-corrected chi connectivity index (χ2v) is 7.36. The van der Waals surface area contributed by atoms with Gasteiger partial charge in [-0.15, -0.1) is 0 Å². The summed E-state index contributed by atoms with van der Waals surface area (Å²) in [6.45, 7) is 7.41. The number of hydrogen-bond donors (Lipinski definition) is 1. The van der Waals surface area contributed by atoms with Crippen LogP contribution in [0.2, 0.25) is 0 Å². The van der Waals surface area contributed by atoms with Crippen molar-refractivity contribution < 1.29 is 4.79 Å². The third-order valence-corrected chi connectivity index (χ3v) is 5.28. The van der Waals surface area contributed by atoms with Crippen LogP contribution in [0.25, 0.3) is 0 Å². The van der Waals surface area contributed by atoms with Crippen LogP contribution in [-0.2, 0) is 13.1 Å². The van der Waals surface area contributed by atoms with Gasteiger partial charge in [-0.1, -0.05) is 42.5 Å². The van der Waals surface area contributed by atoms with Gasteiger partial charge in [0.1, 0.15) is 0 Å². The zero-order valence-corrected chi connectivity index (χ0v) is 16.6. The predicted molar refractivity (Wildman–Crippen MR) is 111 cm³/mol. The number of rotatable bonds is 5. The highest BCUT2D eigenvalue weighted by Gasteiger charge is 2.17. The first-order valence-corrected chi connectivity index (χ1v) is 9.59. The Bertz CT molecular complexity index is 768. The fraction of sp³-hybridized carbons (Fsp3) is 0.409. The predicted octanol–water partition coefficient (Wildman–Crippen LogP) is 3.09. The second-order valence-electron chi connectivity index (χ2n) is 7.36. The molecule has 1 aliphatic heterocycles.